The third kappa shape index (κ3) is 2.35. The van der Waals surface area contributed by atoms with E-state index in [2.05, 4.69) is 13.8 Å². The molecule has 0 aromatic carbocycles. The highest BCUT2D eigenvalue weighted by Gasteiger charge is 2.31. The molecule has 3 rings (SSSR count). The fourth-order valence-electron chi connectivity index (χ4n) is 3.24. The lowest BCUT2D eigenvalue weighted by molar-refractivity contribution is 0.160. The lowest BCUT2D eigenvalue weighted by atomic mass is 9.73. The molecule has 18 heavy (non-hydrogen) atoms. The van der Waals surface area contributed by atoms with E-state index in [0.717, 1.165) is 19.3 Å². The highest BCUT2D eigenvalue weighted by molar-refractivity contribution is 7.11. The topological polar surface area (TPSA) is 33.1 Å². The van der Waals surface area contributed by atoms with Gasteiger partial charge in [-0.1, -0.05) is 13.8 Å². The number of hydrogen-bond acceptors (Lipinski definition) is 3. The number of rotatable bonds is 1. The van der Waals surface area contributed by atoms with E-state index in [1.165, 1.54) is 41.3 Å². The molecule has 0 bridgehead atoms. The summed E-state index contributed by atoms with van der Waals surface area (Å²) in [4.78, 5) is 6.00. The van der Waals surface area contributed by atoms with Crippen LogP contribution < -0.4 is 0 Å². The maximum atomic E-state index is 10.0. The van der Waals surface area contributed by atoms with Gasteiger partial charge in [0, 0.05) is 5.92 Å². The average molecular weight is 265 g/mol. The second-order valence-electron chi connectivity index (χ2n) is 6.71. The number of hydrogen-bond donors (Lipinski definition) is 1. The molecule has 0 aliphatic heterocycles. The molecular formula is C15H23NOS. The minimum Gasteiger partial charge on any atom is -0.388 e. The number of aliphatic hydroxyl groups is 1. The van der Waals surface area contributed by atoms with Gasteiger partial charge in [0.2, 0.25) is 0 Å². The molecular weight excluding hydrogens is 242 g/mol. The molecule has 1 aromatic heterocycles. The van der Waals surface area contributed by atoms with Gasteiger partial charge in [-0.05, 0) is 50.4 Å². The van der Waals surface area contributed by atoms with Gasteiger partial charge in [-0.15, -0.1) is 11.3 Å². The fourth-order valence-corrected chi connectivity index (χ4v) is 4.54. The summed E-state index contributed by atoms with van der Waals surface area (Å²) < 4.78 is 0. The first-order chi connectivity index (χ1) is 8.55. The predicted molar refractivity (Wildman–Crippen MR) is 75.0 cm³/mol. The largest absolute Gasteiger partial charge is 0.388 e. The molecule has 1 atom stereocenters. The van der Waals surface area contributed by atoms with Crippen molar-refractivity contribution < 1.29 is 5.11 Å². The smallest absolute Gasteiger partial charge is 0.0963 e. The van der Waals surface area contributed by atoms with Crippen molar-refractivity contribution in [2.75, 3.05) is 0 Å². The Morgan fingerprint density at radius 1 is 1.22 bits per heavy atom. The first-order valence-electron chi connectivity index (χ1n) is 7.23. The normalized spacial score (nSPS) is 28.1. The molecule has 1 saturated carbocycles. The van der Waals surface area contributed by atoms with Crippen LogP contribution in [0.15, 0.2) is 0 Å². The van der Waals surface area contributed by atoms with E-state index in [-0.39, 0.29) is 6.10 Å². The van der Waals surface area contributed by atoms with Crippen LogP contribution in [0.25, 0.3) is 0 Å². The molecule has 2 aliphatic rings. The van der Waals surface area contributed by atoms with Crippen LogP contribution in [0.2, 0.25) is 0 Å². The number of aromatic nitrogens is 1. The molecule has 3 heteroatoms. The maximum absolute atomic E-state index is 10.0. The predicted octanol–water partition coefficient (Wildman–Crippen LogP) is 4.20. The van der Waals surface area contributed by atoms with Crippen LogP contribution in [0, 0.1) is 5.41 Å². The van der Waals surface area contributed by atoms with E-state index in [4.69, 9.17) is 4.98 Å². The lowest BCUT2D eigenvalue weighted by Crippen LogP contribution is -2.20. The summed E-state index contributed by atoms with van der Waals surface area (Å²) in [6.07, 6.45) is 8.02. The van der Waals surface area contributed by atoms with Gasteiger partial charge >= 0.3 is 0 Å². The molecule has 0 amide bonds. The van der Waals surface area contributed by atoms with E-state index >= 15 is 0 Å². The summed E-state index contributed by atoms with van der Waals surface area (Å²) in [5, 5.41) is 11.3. The van der Waals surface area contributed by atoms with Crippen LogP contribution in [0.5, 0.6) is 0 Å². The van der Waals surface area contributed by atoms with Gasteiger partial charge in [0.15, 0.2) is 0 Å². The zero-order valence-corrected chi connectivity index (χ0v) is 12.2. The van der Waals surface area contributed by atoms with Gasteiger partial charge < -0.3 is 5.11 Å². The van der Waals surface area contributed by atoms with Gasteiger partial charge in [-0.25, -0.2) is 4.98 Å². The zero-order valence-electron chi connectivity index (χ0n) is 11.4. The fraction of sp³-hybridized carbons (Fsp3) is 0.800. The number of thiazole rings is 1. The number of aryl methyl sites for hydroxylation is 1. The molecule has 0 saturated heterocycles. The number of aliphatic hydroxyl groups excluding tert-OH is 1. The van der Waals surface area contributed by atoms with E-state index in [1.54, 1.807) is 11.3 Å². The van der Waals surface area contributed by atoms with Crippen LogP contribution >= 0.6 is 11.3 Å². The highest BCUT2D eigenvalue weighted by Crippen LogP contribution is 2.45. The molecule has 2 nitrogen and oxygen atoms in total. The second kappa shape index (κ2) is 4.61. The van der Waals surface area contributed by atoms with Crippen molar-refractivity contribution in [3.05, 3.63) is 15.6 Å². The van der Waals surface area contributed by atoms with E-state index in [9.17, 15) is 5.11 Å². The standard InChI is InChI=1S/C15H23NOS/c1-15(2)8-6-10(7-9-15)14-16-11-4-3-5-12(17)13(11)18-14/h10,12,17H,3-9H2,1-2H3. The second-order valence-corrected chi connectivity index (χ2v) is 7.77. The van der Waals surface area contributed by atoms with Crippen molar-refractivity contribution >= 4 is 11.3 Å². The Morgan fingerprint density at radius 2 is 1.94 bits per heavy atom. The van der Waals surface area contributed by atoms with Gasteiger partial charge in [0.1, 0.15) is 0 Å². The average Bonchev–Trinajstić information content (AvgIpc) is 2.74. The van der Waals surface area contributed by atoms with Gasteiger partial charge in [-0.3, -0.25) is 0 Å². The van der Waals surface area contributed by atoms with E-state index < -0.39 is 0 Å². The first-order valence-corrected chi connectivity index (χ1v) is 8.04. The minimum absolute atomic E-state index is 0.236. The van der Waals surface area contributed by atoms with Crippen LogP contribution in [0.4, 0.5) is 0 Å². The monoisotopic (exact) mass is 265 g/mol. The first kappa shape index (κ1) is 12.6. The van der Waals surface area contributed by atoms with Crippen molar-refractivity contribution in [1.29, 1.82) is 0 Å². The summed E-state index contributed by atoms with van der Waals surface area (Å²) in [6, 6.07) is 0. The van der Waals surface area contributed by atoms with Crippen LogP contribution in [-0.4, -0.2) is 10.1 Å². The van der Waals surface area contributed by atoms with Gasteiger partial charge in [-0.2, -0.15) is 0 Å². The third-order valence-corrected chi connectivity index (χ3v) is 5.99. The summed E-state index contributed by atoms with van der Waals surface area (Å²) in [5.41, 5.74) is 1.71. The van der Waals surface area contributed by atoms with Crippen molar-refractivity contribution in [2.24, 2.45) is 5.41 Å². The maximum Gasteiger partial charge on any atom is 0.0963 e. The molecule has 0 spiro atoms. The van der Waals surface area contributed by atoms with Crippen molar-refractivity contribution in [1.82, 2.24) is 4.98 Å². The zero-order chi connectivity index (χ0) is 12.8. The molecule has 0 radical (unpaired) electrons. The minimum atomic E-state index is -0.236. The van der Waals surface area contributed by atoms with Gasteiger partial charge in [0.05, 0.1) is 21.7 Å². The van der Waals surface area contributed by atoms with Gasteiger partial charge in [0.25, 0.3) is 0 Å². The highest BCUT2D eigenvalue weighted by atomic mass is 32.1. The summed E-state index contributed by atoms with van der Waals surface area (Å²) in [7, 11) is 0. The van der Waals surface area contributed by atoms with E-state index in [1.807, 2.05) is 0 Å². The molecule has 2 aliphatic carbocycles. The number of fused-ring (bicyclic) bond motifs is 1. The Labute approximate surface area is 113 Å². The third-order valence-electron chi connectivity index (χ3n) is 4.63. The Bertz CT molecular complexity index is 428. The summed E-state index contributed by atoms with van der Waals surface area (Å²) in [6.45, 7) is 4.75. The van der Waals surface area contributed by atoms with Crippen molar-refractivity contribution in [3.8, 4) is 0 Å². The lowest BCUT2D eigenvalue weighted by Gasteiger charge is -2.33. The Hall–Kier alpha value is -0.410. The summed E-state index contributed by atoms with van der Waals surface area (Å²) >= 11 is 1.79. The van der Waals surface area contributed by atoms with Crippen LogP contribution in [0.3, 0.4) is 0 Å². The summed E-state index contributed by atoms with van der Waals surface area (Å²) in [5.74, 6) is 0.654. The SMILES string of the molecule is CC1(C)CCC(c2nc3c(s2)C(O)CCC3)CC1. The molecule has 1 aromatic rings. The number of nitrogens with zero attached hydrogens (tertiary/aromatic N) is 1. The quantitative estimate of drug-likeness (QED) is 0.825. The Balaban J connectivity index is 1.78. The van der Waals surface area contributed by atoms with E-state index in [0.29, 0.717) is 11.3 Å². The van der Waals surface area contributed by atoms with Crippen molar-refractivity contribution in [2.45, 2.75) is 70.8 Å². The Kier molecular flexibility index (Phi) is 3.23. The molecule has 1 unspecified atom stereocenters. The van der Waals surface area contributed by atoms with Crippen LogP contribution in [0.1, 0.15) is 80.0 Å². The van der Waals surface area contributed by atoms with Crippen molar-refractivity contribution in [3.63, 3.8) is 0 Å². The molecule has 1 heterocycles. The Morgan fingerprint density at radius 3 is 2.61 bits per heavy atom. The van der Waals surface area contributed by atoms with Crippen LogP contribution in [-0.2, 0) is 6.42 Å². The molecule has 100 valence electrons. The molecule has 1 fully saturated rings. The molecule has 1 N–H and O–H groups in total.